The quantitative estimate of drug-likeness (QED) is 0.792. The lowest BCUT2D eigenvalue weighted by Gasteiger charge is -2.34. The van der Waals surface area contributed by atoms with Crippen LogP contribution in [0.2, 0.25) is 0 Å². The van der Waals surface area contributed by atoms with Crippen LogP contribution in [0.1, 0.15) is 29.6 Å². The van der Waals surface area contributed by atoms with Crippen LogP contribution >= 0.6 is 15.9 Å². The van der Waals surface area contributed by atoms with Crippen molar-refractivity contribution in [2.45, 2.75) is 25.3 Å². The smallest absolute Gasteiger partial charge is 0.256 e. The predicted molar refractivity (Wildman–Crippen MR) is 110 cm³/mol. The molecule has 7 heteroatoms. The van der Waals surface area contributed by atoms with E-state index in [1.54, 1.807) is 41.3 Å². The van der Waals surface area contributed by atoms with Gasteiger partial charge in [0, 0.05) is 16.7 Å². The molecule has 0 aromatic heterocycles. The van der Waals surface area contributed by atoms with Crippen LogP contribution in [0.3, 0.4) is 0 Å². The molecule has 0 radical (unpaired) electrons. The monoisotopic (exact) mass is 441 g/mol. The molecule has 0 saturated carbocycles. The maximum atomic E-state index is 13.3. The van der Waals surface area contributed by atoms with Gasteiger partial charge in [-0.15, -0.1) is 0 Å². The summed E-state index contributed by atoms with van der Waals surface area (Å²) in [5, 5.41) is 2.82. The molecule has 6 nitrogen and oxygen atoms in total. The van der Waals surface area contributed by atoms with Gasteiger partial charge < -0.3 is 15.1 Å². The number of halogens is 1. The summed E-state index contributed by atoms with van der Waals surface area (Å²) < 4.78 is 0.915. The van der Waals surface area contributed by atoms with E-state index < -0.39 is 6.04 Å². The second-order valence-electron chi connectivity index (χ2n) is 7.01. The van der Waals surface area contributed by atoms with Gasteiger partial charge in [-0.3, -0.25) is 14.4 Å². The van der Waals surface area contributed by atoms with Gasteiger partial charge in [-0.1, -0.05) is 28.1 Å². The first kappa shape index (κ1) is 18.7. The highest BCUT2D eigenvalue weighted by molar-refractivity contribution is 9.10. The largest absolute Gasteiger partial charge is 0.327 e. The van der Waals surface area contributed by atoms with Crippen molar-refractivity contribution in [2.75, 3.05) is 23.3 Å². The zero-order valence-electron chi connectivity index (χ0n) is 15.2. The minimum absolute atomic E-state index is 0.135. The first-order valence-electron chi connectivity index (χ1n) is 9.31. The number of anilines is 2. The van der Waals surface area contributed by atoms with Crippen molar-refractivity contribution in [3.05, 3.63) is 58.6 Å². The number of amides is 3. The molecule has 0 bridgehead atoms. The van der Waals surface area contributed by atoms with Crippen LogP contribution in [0.4, 0.5) is 11.4 Å². The van der Waals surface area contributed by atoms with Gasteiger partial charge in [-0.2, -0.15) is 0 Å². The lowest BCUT2D eigenvalue weighted by atomic mass is 10.0. The Labute approximate surface area is 171 Å². The third kappa shape index (κ3) is 3.54. The highest BCUT2D eigenvalue weighted by atomic mass is 79.9. The van der Waals surface area contributed by atoms with Gasteiger partial charge in [0.15, 0.2) is 0 Å². The fourth-order valence-electron chi connectivity index (χ4n) is 3.81. The van der Waals surface area contributed by atoms with Crippen LogP contribution in [0.25, 0.3) is 0 Å². The number of nitrogens with one attached hydrogen (secondary N) is 1. The van der Waals surface area contributed by atoms with E-state index in [-0.39, 0.29) is 24.3 Å². The average Bonchev–Trinajstić information content (AvgIpc) is 2.80. The summed E-state index contributed by atoms with van der Waals surface area (Å²) in [6.07, 6.45) is 2.42. The number of nitrogens with zero attached hydrogens (tertiary/aromatic N) is 2. The van der Waals surface area contributed by atoms with Crippen LogP contribution < -0.4 is 10.2 Å². The number of para-hydroxylation sites is 1. The number of piperidine rings is 1. The number of benzene rings is 2. The standard InChI is InChI=1S/C21H20BrN3O3/c22-14-8-10-15(11-9-14)23-19(26)13-25-17-6-2-1-5-16(17)20(27)24-12-4-3-7-18(24)21(25)28/h1-2,5-6,8-11,18H,3-4,7,12-13H2,(H,23,26)/t18-/m1/s1. The second kappa shape index (κ2) is 7.75. The lowest BCUT2D eigenvalue weighted by Crippen LogP contribution is -2.52. The van der Waals surface area contributed by atoms with Crippen LogP contribution in [0, 0.1) is 0 Å². The Morgan fingerprint density at radius 2 is 1.82 bits per heavy atom. The van der Waals surface area contributed by atoms with E-state index in [0.717, 1.165) is 17.3 Å². The molecule has 3 amide bonds. The number of carbonyl (C=O) groups is 3. The van der Waals surface area contributed by atoms with Crippen molar-refractivity contribution < 1.29 is 14.4 Å². The SMILES string of the molecule is O=C(CN1C(=O)[C@H]2CCCCN2C(=O)c2ccccc21)Nc1ccc(Br)cc1. The Balaban J connectivity index is 1.63. The summed E-state index contributed by atoms with van der Waals surface area (Å²) in [6.45, 7) is 0.437. The van der Waals surface area contributed by atoms with Crippen molar-refractivity contribution in [1.29, 1.82) is 0 Å². The van der Waals surface area contributed by atoms with E-state index in [1.807, 2.05) is 12.1 Å². The summed E-state index contributed by atoms with van der Waals surface area (Å²) in [5.74, 6) is -0.629. The van der Waals surface area contributed by atoms with Gasteiger partial charge in [-0.25, -0.2) is 0 Å². The van der Waals surface area contributed by atoms with E-state index in [0.29, 0.717) is 29.9 Å². The molecular weight excluding hydrogens is 422 g/mol. The van der Waals surface area contributed by atoms with Crippen molar-refractivity contribution >= 4 is 45.0 Å². The number of carbonyl (C=O) groups excluding carboxylic acids is 3. The molecule has 28 heavy (non-hydrogen) atoms. The zero-order chi connectivity index (χ0) is 19.7. The van der Waals surface area contributed by atoms with Crippen molar-refractivity contribution in [3.8, 4) is 0 Å². The van der Waals surface area contributed by atoms with Gasteiger partial charge in [0.1, 0.15) is 12.6 Å². The molecule has 1 atom stereocenters. The Morgan fingerprint density at radius 3 is 2.61 bits per heavy atom. The topological polar surface area (TPSA) is 69.7 Å². The zero-order valence-corrected chi connectivity index (χ0v) is 16.8. The molecule has 1 saturated heterocycles. The number of hydrogen-bond acceptors (Lipinski definition) is 3. The fourth-order valence-corrected chi connectivity index (χ4v) is 4.08. The highest BCUT2D eigenvalue weighted by Crippen LogP contribution is 2.31. The first-order chi connectivity index (χ1) is 13.5. The molecule has 4 rings (SSSR count). The van der Waals surface area contributed by atoms with Gasteiger partial charge in [-0.05, 0) is 55.7 Å². The van der Waals surface area contributed by atoms with Gasteiger partial charge >= 0.3 is 0 Å². The molecule has 0 aliphatic carbocycles. The summed E-state index contributed by atoms with van der Waals surface area (Å²) in [7, 11) is 0. The number of fused-ring (bicyclic) bond motifs is 2. The molecular formula is C21H20BrN3O3. The summed E-state index contributed by atoms with van der Waals surface area (Å²) in [5.41, 5.74) is 1.62. The highest BCUT2D eigenvalue weighted by Gasteiger charge is 2.40. The van der Waals surface area contributed by atoms with E-state index >= 15 is 0 Å². The average molecular weight is 442 g/mol. The lowest BCUT2D eigenvalue weighted by molar-refractivity contribution is -0.125. The Morgan fingerprint density at radius 1 is 1.07 bits per heavy atom. The molecule has 0 unspecified atom stereocenters. The summed E-state index contributed by atoms with van der Waals surface area (Å²) in [6, 6.07) is 13.8. The van der Waals surface area contributed by atoms with Crippen molar-refractivity contribution in [1.82, 2.24) is 4.90 Å². The minimum atomic E-state index is -0.505. The third-order valence-corrected chi connectivity index (χ3v) is 5.70. The van der Waals surface area contributed by atoms with Crippen LogP contribution in [-0.4, -0.2) is 41.8 Å². The minimum Gasteiger partial charge on any atom is -0.327 e. The van der Waals surface area contributed by atoms with Gasteiger partial charge in [0.2, 0.25) is 11.8 Å². The third-order valence-electron chi connectivity index (χ3n) is 5.17. The molecule has 2 aromatic rings. The maximum Gasteiger partial charge on any atom is 0.256 e. The van der Waals surface area contributed by atoms with E-state index in [1.165, 1.54) is 4.90 Å². The van der Waals surface area contributed by atoms with E-state index in [4.69, 9.17) is 0 Å². The molecule has 2 aromatic carbocycles. The molecule has 2 aliphatic heterocycles. The van der Waals surface area contributed by atoms with E-state index in [9.17, 15) is 14.4 Å². The fraction of sp³-hybridized carbons (Fsp3) is 0.286. The molecule has 2 heterocycles. The predicted octanol–water partition coefficient (Wildman–Crippen LogP) is 3.43. The van der Waals surface area contributed by atoms with Crippen LogP contribution in [-0.2, 0) is 9.59 Å². The Hall–Kier alpha value is -2.67. The van der Waals surface area contributed by atoms with Crippen molar-refractivity contribution in [2.24, 2.45) is 0 Å². The second-order valence-corrected chi connectivity index (χ2v) is 7.92. The normalized spacial score (nSPS) is 19.0. The molecule has 0 spiro atoms. The Kier molecular flexibility index (Phi) is 5.17. The molecule has 1 N–H and O–H groups in total. The van der Waals surface area contributed by atoms with Crippen LogP contribution in [0.15, 0.2) is 53.0 Å². The van der Waals surface area contributed by atoms with Crippen molar-refractivity contribution in [3.63, 3.8) is 0 Å². The summed E-state index contributed by atoms with van der Waals surface area (Å²) in [4.78, 5) is 42.1. The summed E-state index contributed by atoms with van der Waals surface area (Å²) >= 11 is 3.36. The van der Waals surface area contributed by atoms with Gasteiger partial charge in [0.25, 0.3) is 5.91 Å². The van der Waals surface area contributed by atoms with Gasteiger partial charge in [0.05, 0.1) is 11.3 Å². The van der Waals surface area contributed by atoms with E-state index in [2.05, 4.69) is 21.2 Å². The number of hydrogen-bond donors (Lipinski definition) is 1. The molecule has 1 fully saturated rings. The molecule has 144 valence electrons. The Bertz CT molecular complexity index is 929. The number of rotatable bonds is 3. The molecule has 2 aliphatic rings. The first-order valence-corrected chi connectivity index (χ1v) is 10.1. The van der Waals surface area contributed by atoms with Crippen LogP contribution in [0.5, 0.6) is 0 Å². The maximum absolute atomic E-state index is 13.3.